The van der Waals surface area contributed by atoms with Crippen molar-refractivity contribution in [2.45, 2.75) is 37.5 Å². The zero-order valence-electron chi connectivity index (χ0n) is 29.6. The van der Waals surface area contributed by atoms with Crippen molar-refractivity contribution in [3.63, 3.8) is 0 Å². The van der Waals surface area contributed by atoms with Crippen molar-refractivity contribution >= 4 is 53.4 Å². The van der Waals surface area contributed by atoms with Crippen LogP contribution in [0.1, 0.15) is 43.2 Å². The van der Waals surface area contributed by atoms with Gasteiger partial charge in [0, 0.05) is 53.1 Å². The Labute approximate surface area is 316 Å². The monoisotopic (exact) mass is 713 g/mol. The predicted octanol–water partition coefficient (Wildman–Crippen LogP) is 12.9. The quantitative estimate of drug-likeness (QED) is 0.183. The molecule has 5 aliphatic rings. The molecule has 4 fully saturated rings. The molecule has 5 aliphatic carbocycles. The Bertz CT molecular complexity index is 3000. The maximum Gasteiger partial charge on any atom is 0.164 e. The van der Waals surface area contributed by atoms with E-state index < -0.39 is 0 Å². The highest BCUT2D eigenvalue weighted by Gasteiger charge is 2.63. The SMILES string of the molecule is c1ccc(-c2nc(-c3cccc4c3C3(c5c-4ccc4oc6ccccc6c54)C4CC5CC(C4)CC3C5)nc(-c3cccc4sc5ccccc5c34)n2)cc1. The molecule has 4 nitrogen and oxygen atoms in total. The number of para-hydroxylation sites is 1. The van der Waals surface area contributed by atoms with Gasteiger partial charge in [0.05, 0.1) is 0 Å². The van der Waals surface area contributed by atoms with E-state index in [0.29, 0.717) is 17.7 Å². The zero-order valence-corrected chi connectivity index (χ0v) is 30.4. The molecular weight excluding hydrogens is 679 g/mol. The molecule has 6 aromatic carbocycles. The van der Waals surface area contributed by atoms with Crippen molar-refractivity contribution in [3.8, 4) is 45.3 Å². The molecule has 9 aromatic rings. The number of nitrogens with zero attached hydrogens (tertiary/aromatic N) is 3. The largest absolute Gasteiger partial charge is 0.456 e. The summed E-state index contributed by atoms with van der Waals surface area (Å²) in [6.45, 7) is 0. The summed E-state index contributed by atoms with van der Waals surface area (Å²) in [5.41, 5.74) is 10.7. The van der Waals surface area contributed by atoms with Crippen molar-refractivity contribution in [3.05, 3.63) is 139 Å². The van der Waals surface area contributed by atoms with E-state index in [-0.39, 0.29) is 5.41 Å². The molecule has 3 heterocycles. The van der Waals surface area contributed by atoms with Crippen LogP contribution in [0.15, 0.2) is 132 Å². The number of furan rings is 1. The second-order valence-electron chi connectivity index (χ2n) is 16.3. The van der Waals surface area contributed by atoms with Gasteiger partial charge in [0.25, 0.3) is 0 Å². The fourth-order valence-corrected chi connectivity index (χ4v) is 13.2. The summed E-state index contributed by atoms with van der Waals surface area (Å²) in [5.74, 6) is 4.98. The second-order valence-corrected chi connectivity index (χ2v) is 17.4. The van der Waals surface area contributed by atoms with E-state index in [1.165, 1.54) is 85.3 Å². The molecule has 5 heteroatoms. The summed E-state index contributed by atoms with van der Waals surface area (Å²) in [4.78, 5) is 16.3. The predicted molar refractivity (Wildman–Crippen MR) is 220 cm³/mol. The van der Waals surface area contributed by atoms with Gasteiger partial charge in [-0.05, 0) is 102 Å². The Hall–Kier alpha value is -5.65. The van der Waals surface area contributed by atoms with Gasteiger partial charge in [-0.1, -0.05) is 103 Å². The topological polar surface area (TPSA) is 51.8 Å². The summed E-state index contributed by atoms with van der Waals surface area (Å²) < 4.78 is 9.16. The molecule has 0 radical (unpaired) electrons. The molecule has 4 saturated carbocycles. The Morgan fingerprint density at radius 3 is 1.93 bits per heavy atom. The third-order valence-electron chi connectivity index (χ3n) is 13.7. The van der Waals surface area contributed by atoms with Crippen LogP contribution < -0.4 is 0 Å². The lowest BCUT2D eigenvalue weighted by Gasteiger charge is -2.61. The molecule has 0 aliphatic heterocycles. The van der Waals surface area contributed by atoms with Crippen molar-refractivity contribution < 1.29 is 4.42 Å². The lowest BCUT2D eigenvalue weighted by atomic mass is 9.42. The van der Waals surface area contributed by atoms with E-state index in [9.17, 15) is 0 Å². The lowest BCUT2D eigenvalue weighted by molar-refractivity contribution is -0.0391. The number of rotatable bonds is 3. The van der Waals surface area contributed by atoms with E-state index in [0.717, 1.165) is 51.3 Å². The molecule has 0 saturated heterocycles. The van der Waals surface area contributed by atoms with Crippen molar-refractivity contribution in [1.29, 1.82) is 0 Å². The van der Waals surface area contributed by atoms with Gasteiger partial charge in [-0.15, -0.1) is 11.3 Å². The number of benzene rings is 6. The highest BCUT2D eigenvalue weighted by molar-refractivity contribution is 7.25. The van der Waals surface area contributed by atoms with Gasteiger partial charge in [0.15, 0.2) is 17.5 Å². The van der Waals surface area contributed by atoms with Gasteiger partial charge in [0.1, 0.15) is 11.2 Å². The van der Waals surface area contributed by atoms with E-state index in [1.807, 2.05) is 11.3 Å². The van der Waals surface area contributed by atoms with Crippen LogP contribution in [0, 0.1) is 23.7 Å². The highest BCUT2D eigenvalue weighted by Crippen LogP contribution is 2.71. The maximum atomic E-state index is 6.63. The van der Waals surface area contributed by atoms with Gasteiger partial charge in [0.2, 0.25) is 0 Å². The van der Waals surface area contributed by atoms with Gasteiger partial charge in [-0.2, -0.15) is 0 Å². The number of thiophene rings is 1. The highest BCUT2D eigenvalue weighted by atomic mass is 32.1. The molecule has 14 rings (SSSR count). The standard InChI is InChI=1S/C49H35N3OS/c1-2-10-29(11-3-1)46-50-47(36-15-9-19-41-42(36)35-13-5-7-18-40(35)54-41)52-48(51-46)37-16-8-14-32-33-20-21-39-43(34-12-4-6-17-38(34)53-39)45(33)49(44(32)37)30-23-27-22-28(25-30)26-31(49)24-27/h1-21,27-28,30-31H,22-26H2. The first-order valence-electron chi connectivity index (χ1n) is 19.5. The van der Waals surface area contributed by atoms with E-state index in [2.05, 4.69) is 127 Å². The van der Waals surface area contributed by atoms with Crippen LogP contribution >= 0.6 is 11.3 Å². The molecule has 0 N–H and O–H groups in total. The van der Waals surface area contributed by atoms with Crippen molar-refractivity contribution in [1.82, 2.24) is 15.0 Å². The van der Waals surface area contributed by atoms with Crippen LogP contribution in [0.3, 0.4) is 0 Å². The first-order chi connectivity index (χ1) is 26.7. The fourth-order valence-electron chi connectivity index (χ4n) is 12.0. The number of hydrogen-bond donors (Lipinski definition) is 0. The Morgan fingerprint density at radius 2 is 1.09 bits per heavy atom. The maximum absolute atomic E-state index is 6.63. The molecule has 0 amide bonds. The third-order valence-corrected chi connectivity index (χ3v) is 14.8. The van der Waals surface area contributed by atoms with Crippen molar-refractivity contribution in [2.24, 2.45) is 23.7 Å². The zero-order chi connectivity index (χ0) is 35.1. The van der Waals surface area contributed by atoms with Crippen LogP contribution in [0.5, 0.6) is 0 Å². The second kappa shape index (κ2) is 10.7. The molecule has 4 bridgehead atoms. The number of fused-ring (bicyclic) bond motifs is 10. The first-order valence-corrected chi connectivity index (χ1v) is 20.3. The summed E-state index contributed by atoms with van der Waals surface area (Å²) in [7, 11) is 0. The van der Waals surface area contributed by atoms with E-state index in [4.69, 9.17) is 19.4 Å². The van der Waals surface area contributed by atoms with Gasteiger partial charge < -0.3 is 4.42 Å². The molecule has 0 atom stereocenters. The molecule has 1 spiro atoms. The minimum atomic E-state index is -0.135. The third kappa shape index (κ3) is 3.85. The van der Waals surface area contributed by atoms with E-state index >= 15 is 0 Å². The average molecular weight is 714 g/mol. The van der Waals surface area contributed by atoms with Gasteiger partial charge >= 0.3 is 0 Å². The molecule has 0 unspecified atom stereocenters. The van der Waals surface area contributed by atoms with E-state index in [1.54, 1.807) is 0 Å². The van der Waals surface area contributed by atoms with Gasteiger partial charge in [-0.3, -0.25) is 0 Å². The van der Waals surface area contributed by atoms with Crippen LogP contribution in [0.4, 0.5) is 0 Å². The molecule has 3 aromatic heterocycles. The number of aromatic nitrogens is 3. The summed E-state index contributed by atoms with van der Waals surface area (Å²) >= 11 is 1.83. The smallest absolute Gasteiger partial charge is 0.164 e. The first kappa shape index (κ1) is 29.8. The lowest BCUT2D eigenvalue weighted by Crippen LogP contribution is -2.55. The van der Waals surface area contributed by atoms with Crippen LogP contribution in [0.2, 0.25) is 0 Å². The Morgan fingerprint density at radius 1 is 0.463 bits per heavy atom. The van der Waals surface area contributed by atoms with Crippen molar-refractivity contribution in [2.75, 3.05) is 0 Å². The fraction of sp³-hybridized carbons (Fsp3) is 0.204. The van der Waals surface area contributed by atoms with Crippen LogP contribution in [-0.4, -0.2) is 15.0 Å². The Kier molecular flexibility index (Phi) is 5.92. The summed E-state index contributed by atoms with van der Waals surface area (Å²) in [6, 6.07) is 45.9. The molecule has 258 valence electrons. The van der Waals surface area contributed by atoms with Crippen LogP contribution in [0.25, 0.3) is 87.4 Å². The molecular formula is C49H35N3OS. The minimum absolute atomic E-state index is 0.135. The summed E-state index contributed by atoms with van der Waals surface area (Å²) in [5, 5.41) is 5.01. The normalized spacial score (nSPS) is 23.6. The molecule has 54 heavy (non-hydrogen) atoms. The van der Waals surface area contributed by atoms with Gasteiger partial charge in [-0.25, -0.2) is 15.0 Å². The average Bonchev–Trinajstić information content (AvgIpc) is 3.88. The minimum Gasteiger partial charge on any atom is -0.456 e. The summed E-state index contributed by atoms with van der Waals surface area (Å²) in [6.07, 6.45) is 6.56. The van der Waals surface area contributed by atoms with Crippen LogP contribution in [-0.2, 0) is 5.41 Å². The number of hydrogen-bond acceptors (Lipinski definition) is 5. The Balaban J connectivity index is 1.12.